The first-order valence-corrected chi connectivity index (χ1v) is 8.97. The van der Waals surface area contributed by atoms with Crippen molar-refractivity contribution in [2.75, 3.05) is 44.7 Å². The molecule has 0 atom stereocenters. The number of rotatable bonds is 4. The summed E-state index contributed by atoms with van der Waals surface area (Å²) in [4.78, 5) is 21.5. The minimum atomic E-state index is 0.0963. The van der Waals surface area contributed by atoms with Gasteiger partial charge in [-0.05, 0) is 38.8 Å². The van der Waals surface area contributed by atoms with Crippen molar-refractivity contribution in [3.8, 4) is 0 Å². The summed E-state index contributed by atoms with van der Waals surface area (Å²) in [5, 5.41) is 3.24. The summed E-state index contributed by atoms with van der Waals surface area (Å²) in [5.41, 5.74) is 0.675. The van der Waals surface area contributed by atoms with E-state index in [1.807, 2.05) is 17.0 Å². The van der Waals surface area contributed by atoms with E-state index in [4.69, 9.17) is 4.74 Å². The molecular formula is C18H28N4O2. The normalized spacial score (nSPS) is 20.4. The molecule has 0 bridgehead atoms. The van der Waals surface area contributed by atoms with Crippen LogP contribution < -0.4 is 5.32 Å². The Morgan fingerprint density at radius 1 is 1.21 bits per heavy atom. The van der Waals surface area contributed by atoms with Crippen LogP contribution in [0.4, 0.5) is 5.82 Å². The van der Waals surface area contributed by atoms with E-state index in [0.29, 0.717) is 17.6 Å². The lowest BCUT2D eigenvalue weighted by Gasteiger charge is -2.40. The average Bonchev–Trinajstić information content (AvgIpc) is 2.62. The van der Waals surface area contributed by atoms with Crippen molar-refractivity contribution in [2.24, 2.45) is 0 Å². The van der Waals surface area contributed by atoms with Crippen LogP contribution in [0.1, 0.15) is 37.0 Å². The number of carbonyl (C=O) groups excluding carboxylic acids is 1. The zero-order valence-corrected chi connectivity index (χ0v) is 14.7. The van der Waals surface area contributed by atoms with Crippen molar-refractivity contribution in [1.82, 2.24) is 14.8 Å². The minimum absolute atomic E-state index is 0.0963. The molecule has 2 fully saturated rings. The van der Waals surface area contributed by atoms with Gasteiger partial charge in [0.2, 0.25) is 0 Å². The molecule has 0 saturated carbocycles. The number of aromatic nitrogens is 1. The first-order valence-electron chi connectivity index (χ1n) is 8.97. The van der Waals surface area contributed by atoms with Gasteiger partial charge in [-0.25, -0.2) is 4.98 Å². The molecule has 1 amide bonds. The Kier molecular flexibility index (Phi) is 5.68. The predicted octanol–water partition coefficient (Wildman–Crippen LogP) is 1.84. The molecule has 6 heteroatoms. The summed E-state index contributed by atoms with van der Waals surface area (Å²) in [7, 11) is 0. The van der Waals surface area contributed by atoms with Crippen molar-refractivity contribution in [1.29, 1.82) is 0 Å². The standard InChI is InChI=1S/C18H28N4O2/c1-14(2)20-17-4-3-15(13-19-17)18(23)22-7-5-16(6-8-22)21-9-11-24-12-10-21/h3-4,13-14,16H,5-12H2,1-2H3,(H,19,20). The lowest BCUT2D eigenvalue weighted by Crippen LogP contribution is -2.50. The quantitative estimate of drug-likeness (QED) is 0.912. The number of hydrogen-bond donors (Lipinski definition) is 1. The third-order valence-corrected chi connectivity index (χ3v) is 4.76. The molecule has 0 aromatic carbocycles. The highest BCUT2D eigenvalue weighted by Crippen LogP contribution is 2.19. The number of nitrogens with one attached hydrogen (secondary N) is 1. The van der Waals surface area contributed by atoms with Crippen LogP contribution in [0.5, 0.6) is 0 Å². The van der Waals surface area contributed by atoms with Crippen molar-refractivity contribution in [2.45, 2.75) is 38.8 Å². The molecule has 1 aromatic rings. The topological polar surface area (TPSA) is 57.7 Å². The Balaban J connectivity index is 1.53. The molecule has 2 aliphatic rings. The summed E-state index contributed by atoms with van der Waals surface area (Å²) < 4.78 is 5.42. The highest BCUT2D eigenvalue weighted by molar-refractivity contribution is 5.94. The Morgan fingerprint density at radius 2 is 1.92 bits per heavy atom. The fourth-order valence-electron chi connectivity index (χ4n) is 3.46. The highest BCUT2D eigenvalue weighted by atomic mass is 16.5. The maximum absolute atomic E-state index is 12.6. The van der Waals surface area contributed by atoms with E-state index in [0.717, 1.165) is 58.1 Å². The molecule has 24 heavy (non-hydrogen) atoms. The van der Waals surface area contributed by atoms with E-state index in [1.165, 1.54) is 0 Å². The first-order chi connectivity index (χ1) is 11.6. The van der Waals surface area contributed by atoms with Crippen LogP contribution in [0.3, 0.4) is 0 Å². The molecule has 3 rings (SSSR count). The number of nitrogens with zero attached hydrogens (tertiary/aromatic N) is 3. The Hall–Kier alpha value is -1.66. The summed E-state index contributed by atoms with van der Waals surface area (Å²) in [6.07, 6.45) is 3.78. The molecule has 2 saturated heterocycles. The first kappa shape index (κ1) is 17.2. The molecular weight excluding hydrogens is 304 g/mol. The average molecular weight is 332 g/mol. The van der Waals surface area contributed by atoms with E-state index < -0.39 is 0 Å². The van der Waals surface area contributed by atoms with Gasteiger partial charge in [-0.3, -0.25) is 9.69 Å². The number of likely N-dealkylation sites (tertiary alicyclic amines) is 1. The molecule has 1 aromatic heterocycles. The van der Waals surface area contributed by atoms with Gasteiger partial charge < -0.3 is 15.0 Å². The van der Waals surface area contributed by atoms with Crippen molar-refractivity contribution < 1.29 is 9.53 Å². The van der Waals surface area contributed by atoms with Gasteiger partial charge in [0, 0.05) is 44.5 Å². The van der Waals surface area contributed by atoms with Crippen LogP contribution in [-0.4, -0.2) is 72.2 Å². The molecule has 3 heterocycles. The fraction of sp³-hybridized carbons (Fsp3) is 0.667. The summed E-state index contributed by atoms with van der Waals surface area (Å²) in [6.45, 7) is 9.50. The summed E-state index contributed by atoms with van der Waals surface area (Å²) >= 11 is 0. The second-order valence-electron chi connectivity index (χ2n) is 6.90. The number of pyridine rings is 1. The largest absolute Gasteiger partial charge is 0.379 e. The smallest absolute Gasteiger partial charge is 0.255 e. The van der Waals surface area contributed by atoms with E-state index >= 15 is 0 Å². The van der Waals surface area contributed by atoms with Crippen LogP contribution in [0.25, 0.3) is 0 Å². The van der Waals surface area contributed by atoms with Gasteiger partial charge in [0.25, 0.3) is 5.91 Å². The summed E-state index contributed by atoms with van der Waals surface area (Å²) in [6, 6.07) is 4.67. The molecule has 6 nitrogen and oxygen atoms in total. The molecule has 0 spiro atoms. The van der Waals surface area contributed by atoms with Gasteiger partial charge in [0.1, 0.15) is 5.82 Å². The van der Waals surface area contributed by atoms with E-state index in [2.05, 4.69) is 29.0 Å². The molecule has 0 aliphatic carbocycles. The third kappa shape index (κ3) is 4.24. The van der Waals surface area contributed by atoms with Gasteiger partial charge in [-0.2, -0.15) is 0 Å². The van der Waals surface area contributed by atoms with Crippen LogP contribution in [-0.2, 0) is 4.74 Å². The van der Waals surface area contributed by atoms with Crippen molar-refractivity contribution in [3.05, 3.63) is 23.9 Å². The van der Waals surface area contributed by atoms with Gasteiger partial charge in [-0.15, -0.1) is 0 Å². The Labute approximate surface area is 144 Å². The lowest BCUT2D eigenvalue weighted by atomic mass is 10.0. The zero-order chi connectivity index (χ0) is 16.9. The SMILES string of the molecule is CC(C)Nc1ccc(C(=O)N2CCC(N3CCOCC3)CC2)cn1. The van der Waals surface area contributed by atoms with Gasteiger partial charge in [-0.1, -0.05) is 0 Å². The van der Waals surface area contributed by atoms with E-state index in [-0.39, 0.29) is 5.91 Å². The zero-order valence-electron chi connectivity index (χ0n) is 14.7. The van der Waals surface area contributed by atoms with Gasteiger partial charge in [0.15, 0.2) is 0 Å². The second kappa shape index (κ2) is 7.94. The number of hydrogen-bond acceptors (Lipinski definition) is 5. The highest BCUT2D eigenvalue weighted by Gasteiger charge is 2.28. The van der Waals surface area contributed by atoms with Gasteiger partial charge >= 0.3 is 0 Å². The van der Waals surface area contributed by atoms with Crippen molar-refractivity contribution in [3.63, 3.8) is 0 Å². The van der Waals surface area contributed by atoms with Crippen LogP contribution in [0.15, 0.2) is 18.3 Å². The van der Waals surface area contributed by atoms with Gasteiger partial charge in [0.05, 0.1) is 18.8 Å². The number of ether oxygens (including phenoxy) is 1. The lowest BCUT2D eigenvalue weighted by molar-refractivity contribution is 0.00158. The van der Waals surface area contributed by atoms with E-state index in [9.17, 15) is 4.79 Å². The Morgan fingerprint density at radius 3 is 2.50 bits per heavy atom. The van der Waals surface area contributed by atoms with Crippen molar-refractivity contribution >= 4 is 11.7 Å². The monoisotopic (exact) mass is 332 g/mol. The third-order valence-electron chi connectivity index (χ3n) is 4.76. The number of carbonyl (C=O) groups is 1. The number of piperidine rings is 1. The molecule has 1 N–H and O–H groups in total. The molecule has 0 radical (unpaired) electrons. The van der Waals surface area contributed by atoms with Crippen LogP contribution >= 0.6 is 0 Å². The fourth-order valence-corrected chi connectivity index (χ4v) is 3.46. The second-order valence-corrected chi connectivity index (χ2v) is 6.90. The number of morpholine rings is 1. The summed E-state index contributed by atoms with van der Waals surface area (Å²) in [5.74, 6) is 0.909. The van der Waals surface area contributed by atoms with Crippen LogP contribution in [0.2, 0.25) is 0 Å². The number of amides is 1. The molecule has 132 valence electrons. The predicted molar refractivity (Wildman–Crippen MR) is 94.3 cm³/mol. The Bertz CT molecular complexity index is 532. The molecule has 0 unspecified atom stereocenters. The van der Waals surface area contributed by atoms with Crippen LogP contribution in [0, 0.1) is 0 Å². The maximum Gasteiger partial charge on any atom is 0.255 e. The minimum Gasteiger partial charge on any atom is -0.379 e. The molecule has 2 aliphatic heterocycles. The van der Waals surface area contributed by atoms with E-state index in [1.54, 1.807) is 6.20 Å². The maximum atomic E-state index is 12.6. The number of anilines is 1.